The summed E-state index contributed by atoms with van der Waals surface area (Å²) in [7, 11) is 0. The standard InChI is InChI=1S/C18H12F4N6O/c1-9(16-27-17(28-29-16)18(20,21)22)26-15-13-6-11(7-23-14(13)24-8-25-15)10-2-4-12(19)5-3-10/h2-9H,1H3,(H,23,24,25,26). The molecule has 1 atom stereocenters. The lowest BCUT2D eigenvalue weighted by molar-refractivity contribution is -0.146. The average Bonchev–Trinajstić information content (AvgIpc) is 3.19. The van der Waals surface area contributed by atoms with Crippen LogP contribution >= 0.6 is 0 Å². The first-order valence-electron chi connectivity index (χ1n) is 8.35. The fourth-order valence-electron chi connectivity index (χ4n) is 2.65. The lowest BCUT2D eigenvalue weighted by atomic mass is 10.1. The number of hydrogen-bond acceptors (Lipinski definition) is 7. The Morgan fingerprint density at radius 1 is 1.03 bits per heavy atom. The first-order valence-corrected chi connectivity index (χ1v) is 8.35. The van der Waals surface area contributed by atoms with E-state index in [1.807, 2.05) is 0 Å². The second kappa shape index (κ2) is 7.08. The van der Waals surface area contributed by atoms with Gasteiger partial charge in [0.15, 0.2) is 5.65 Å². The number of anilines is 1. The van der Waals surface area contributed by atoms with Crippen molar-refractivity contribution >= 4 is 16.9 Å². The minimum absolute atomic E-state index is 0.244. The smallest absolute Gasteiger partial charge is 0.358 e. The Labute approximate surface area is 160 Å². The summed E-state index contributed by atoms with van der Waals surface area (Å²) in [4.78, 5) is 15.9. The molecule has 0 fully saturated rings. The second-order valence-electron chi connectivity index (χ2n) is 6.14. The van der Waals surface area contributed by atoms with Crippen LogP contribution < -0.4 is 5.32 Å². The lowest BCUT2D eigenvalue weighted by Crippen LogP contribution is -2.11. The monoisotopic (exact) mass is 404 g/mol. The number of fused-ring (bicyclic) bond motifs is 1. The van der Waals surface area contributed by atoms with E-state index in [0.717, 1.165) is 5.56 Å². The molecule has 0 saturated heterocycles. The van der Waals surface area contributed by atoms with Gasteiger partial charge in [0.05, 0.1) is 5.39 Å². The topological polar surface area (TPSA) is 89.6 Å². The highest BCUT2D eigenvalue weighted by atomic mass is 19.4. The zero-order chi connectivity index (χ0) is 20.6. The number of alkyl halides is 3. The van der Waals surface area contributed by atoms with Gasteiger partial charge in [-0.1, -0.05) is 17.3 Å². The normalized spacial score (nSPS) is 12.9. The number of halogens is 4. The maximum Gasteiger partial charge on any atom is 0.455 e. The summed E-state index contributed by atoms with van der Waals surface area (Å²) in [6.07, 6.45) is -1.84. The molecule has 0 aliphatic rings. The largest absolute Gasteiger partial charge is 0.455 e. The predicted molar refractivity (Wildman–Crippen MR) is 94.1 cm³/mol. The zero-order valence-electron chi connectivity index (χ0n) is 14.8. The second-order valence-corrected chi connectivity index (χ2v) is 6.14. The SMILES string of the molecule is CC(Nc1ncnc2ncc(-c3ccc(F)cc3)cc12)c1nc(C(F)(F)F)no1. The fraction of sp³-hybridized carbons (Fsp3) is 0.167. The van der Waals surface area contributed by atoms with Crippen molar-refractivity contribution in [1.82, 2.24) is 25.1 Å². The van der Waals surface area contributed by atoms with Crippen LogP contribution in [0.3, 0.4) is 0 Å². The molecule has 1 unspecified atom stereocenters. The Hall–Kier alpha value is -3.63. The quantitative estimate of drug-likeness (QED) is 0.504. The van der Waals surface area contributed by atoms with E-state index < -0.39 is 18.0 Å². The third-order valence-electron chi connectivity index (χ3n) is 4.09. The van der Waals surface area contributed by atoms with Gasteiger partial charge < -0.3 is 9.84 Å². The maximum atomic E-state index is 13.2. The highest BCUT2D eigenvalue weighted by Gasteiger charge is 2.37. The van der Waals surface area contributed by atoms with Gasteiger partial charge >= 0.3 is 6.18 Å². The Morgan fingerprint density at radius 3 is 2.48 bits per heavy atom. The van der Waals surface area contributed by atoms with Gasteiger partial charge in [-0.15, -0.1) is 0 Å². The van der Waals surface area contributed by atoms with E-state index in [1.54, 1.807) is 31.3 Å². The van der Waals surface area contributed by atoms with E-state index >= 15 is 0 Å². The molecule has 3 aromatic heterocycles. The number of benzene rings is 1. The first kappa shape index (κ1) is 18.7. The van der Waals surface area contributed by atoms with Gasteiger partial charge in [0, 0.05) is 11.8 Å². The van der Waals surface area contributed by atoms with Gasteiger partial charge in [-0.25, -0.2) is 19.3 Å². The van der Waals surface area contributed by atoms with Gasteiger partial charge in [0.2, 0.25) is 5.89 Å². The van der Waals surface area contributed by atoms with Crippen LogP contribution in [0.5, 0.6) is 0 Å². The van der Waals surface area contributed by atoms with E-state index in [1.165, 1.54) is 18.5 Å². The summed E-state index contributed by atoms with van der Waals surface area (Å²) >= 11 is 0. The summed E-state index contributed by atoms with van der Waals surface area (Å²) in [5.74, 6) is -1.63. The molecule has 0 aliphatic heterocycles. The van der Waals surface area contributed by atoms with Crippen molar-refractivity contribution in [3.05, 3.63) is 60.4 Å². The Bertz CT molecular complexity index is 1160. The van der Waals surface area contributed by atoms with Gasteiger partial charge in [-0.05, 0) is 30.7 Å². The molecule has 0 saturated carbocycles. The minimum Gasteiger partial charge on any atom is -0.358 e. The first-order chi connectivity index (χ1) is 13.8. The summed E-state index contributed by atoms with van der Waals surface area (Å²) in [6, 6.07) is 6.86. The maximum absolute atomic E-state index is 13.2. The Kier molecular flexibility index (Phi) is 4.57. The molecule has 4 aromatic rings. The van der Waals surface area contributed by atoms with E-state index in [0.29, 0.717) is 22.4 Å². The lowest BCUT2D eigenvalue weighted by Gasteiger charge is -2.12. The molecule has 0 spiro atoms. The predicted octanol–water partition coefficient (Wildman–Crippen LogP) is 4.41. The van der Waals surface area contributed by atoms with Crippen molar-refractivity contribution in [3.8, 4) is 11.1 Å². The molecule has 11 heteroatoms. The molecular formula is C18H12F4N6O. The molecule has 1 N–H and O–H groups in total. The van der Waals surface area contributed by atoms with E-state index in [-0.39, 0.29) is 11.7 Å². The molecule has 0 aliphatic carbocycles. The van der Waals surface area contributed by atoms with Crippen LogP contribution in [-0.2, 0) is 6.18 Å². The summed E-state index contributed by atoms with van der Waals surface area (Å²) in [5, 5.41) is 6.41. The molecule has 0 amide bonds. The summed E-state index contributed by atoms with van der Waals surface area (Å²) in [5.41, 5.74) is 1.80. The van der Waals surface area contributed by atoms with Crippen molar-refractivity contribution in [2.75, 3.05) is 5.32 Å². The fourth-order valence-corrected chi connectivity index (χ4v) is 2.65. The van der Waals surface area contributed by atoms with Crippen LogP contribution in [0.2, 0.25) is 0 Å². The number of nitrogens with zero attached hydrogens (tertiary/aromatic N) is 5. The molecule has 0 bridgehead atoms. The van der Waals surface area contributed by atoms with Crippen LogP contribution in [0.25, 0.3) is 22.2 Å². The van der Waals surface area contributed by atoms with Crippen LogP contribution in [0.15, 0.2) is 47.4 Å². The van der Waals surface area contributed by atoms with Gasteiger partial charge in [0.1, 0.15) is 24.0 Å². The molecule has 0 radical (unpaired) electrons. The van der Waals surface area contributed by atoms with Crippen molar-refractivity contribution in [3.63, 3.8) is 0 Å². The average molecular weight is 404 g/mol. The van der Waals surface area contributed by atoms with Gasteiger partial charge in [-0.2, -0.15) is 18.2 Å². The summed E-state index contributed by atoms with van der Waals surface area (Å²) in [6.45, 7) is 1.55. The molecular weight excluding hydrogens is 392 g/mol. The molecule has 3 heterocycles. The molecule has 148 valence electrons. The summed E-state index contributed by atoms with van der Waals surface area (Å²) < 4.78 is 55.9. The Balaban J connectivity index is 1.67. The molecule has 7 nitrogen and oxygen atoms in total. The van der Waals surface area contributed by atoms with Crippen LogP contribution in [0.4, 0.5) is 23.4 Å². The molecule has 29 heavy (non-hydrogen) atoms. The highest BCUT2D eigenvalue weighted by Crippen LogP contribution is 2.30. The van der Waals surface area contributed by atoms with Gasteiger partial charge in [-0.3, -0.25) is 0 Å². The number of rotatable bonds is 4. The molecule has 4 rings (SSSR count). The van der Waals surface area contributed by atoms with Gasteiger partial charge in [0.25, 0.3) is 5.82 Å². The van der Waals surface area contributed by atoms with Crippen LogP contribution in [0, 0.1) is 5.82 Å². The number of hydrogen-bond donors (Lipinski definition) is 1. The van der Waals surface area contributed by atoms with Crippen LogP contribution in [-0.4, -0.2) is 25.1 Å². The molecule has 1 aromatic carbocycles. The van der Waals surface area contributed by atoms with Crippen LogP contribution in [0.1, 0.15) is 24.7 Å². The van der Waals surface area contributed by atoms with E-state index in [2.05, 4.69) is 30.4 Å². The third-order valence-corrected chi connectivity index (χ3v) is 4.09. The third kappa shape index (κ3) is 3.84. The Morgan fingerprint density at radius 2 is 1.79 bits per heavy atom. The van der Waals surface area contributed by atoms with Crippen molar-refractivity contribution in [1.29, 1.82) is 0 Å². The number of pyridine rings is 1. The van der Waals surface area contributed by atoms with E-state index in [9.17, 15) is 17.6 Å². The number of aromatic nitrogens is 5. The minimum atomic E-state index is -4.70. The highest BCUT2D eigenvalue weighted by molar-refractivity contribution is 5.89. The van der Waals surface area contributed by atoms with Crippen molar-refractivity contribution < 1.29 is 22.1 Å². The van der Waals surface area contributed by atoms with Crippen molar-refractivity contribution in [2.24, 2.45) is 0 Å². The van der Waals surface area contributed by atoms with E-state index in [4.69, 9.17) is 4.52 Å². The van der Waals surface area contributed by atoms with Crippen molar-refractivity contribution in [2.45, 2.75) is 19.1 Å². The number of nitrogens with one attached hydrogen (secondary N) is 1. The zero-order valence-corrected chi connectivity index (χ0v) is 14.8.